The molecule has 126 valence electrons. The Kier molecular flexibility index (Phi) is 5.36. The van der Waals surface area contributed by atoms with E-state index in [1.807, 2.05) is 23.3 Å². The molecule has 0 saturated heterocycles. The molecule has 0 aliphatic rings. The molecule has 0 amide bonds. The Balaban J connectivity index is 1.92. The smallest absolute Gasteiger partial charge is 0.191 e. The molecule has 0 spiro atoms. The summed E-state index contributed by atoms with van der Waals surface area (Å²) in [5, 5.41) is 19.1. The first-order chi connectivity index (χ1) is 10.9. The molecular formula is C15H26N8. The number of rotatable bonds is 5. The van der Waals surface area contributed by atoms with Gasteiger partial charge in [0.2, 0.25) is 0 Å². The predicted octanol–water partition coefficient (Wildman–Crippen LogP) is 0.462. The Morgan fingerprint density at radius 3 is 2.61 bits per heavy atom. The second-order valence-electron chi connectivity index (χ2n) is 5.81. The number of nitrogens with one attached hydrogen (secondary N) is 2. The van der Waals surface area contributed by atoms with Crippen LogP contribution in [0.4, 0.5) is 0 Å². The molecule has 0 radical (unpaired) electrons. The van der Waals surface area contributed by atoms with E-state index in [1.165, 1.54) is 11.3 Å². The monoisotopic (exact) mass is 318 g/mol. The predicted molar refractivity (Wildman–Crippen MR) is 90.2 cm³/mol. The lowest BCUT2D eigenvalue weighted by Crippen LogP contribution is -2.43. The fraction of sp³-hybridized carbons (Fsp3) is 0.600. The van der Waals surface area contributed by atoms with Gasteiger partial charge in [-0.1, -0.05) is 0 Å². The van der Waals surface area contributed by atoms with Gasteiger partial charge in [-0.25, -0.2) is 0 Å². The molecule has 2 aromatic heterocycles. The van der Waals surface area contributed by atoms with Crippen molar-refractivity contribution in [1.82, 2.24) is 35.2 Å². The summed E-state index contributed by atoms with van der Waals surface area (Å²) in [6.07, 6.45) is 2.58. The van der Waals surface area contributed by atoms with Crippen LogP contribution in [0.3, 0.4) is 0 Å². The molecule has 2 aromatic rings. The van der Waals surface area contributed by atoms with Gasteiger partial charge in [0.05, 0.1) is 12.2 Å². The topological polar surface area (TPSA) is 84.9 Å². The van der Waals surface area contributed by atoms with Crippen molar-refractivity contribution in [3.05, 3.63) is 29.1 Å². The van der Waals surface area contributed by atoms with Crippen LogP contribution in [-0.2, 0) is 27.1 Å². The number of aliphatic imine (C=N–C) groups is 1. The molecule has 0 aromatic carbocycles. The van der Waals surface area contributed by atoms with Crippen LogP contribution < -0.4 is 10.6 Å². The van der Waals surface area contributed by atoms with E-state index in [9.17, 15) is 0 Å². The van der Waals surface area contributed by atoms with Crippen molar-refractivity contribution in [2.75, 3.05) is 7.05 Å². The zero-order chi connectivity index (χ0) is 17.0. The summed E-state index contributed by atoms with van der Waals surface area (Å²) in [6.45, 7) is 6.87. The molecular weight excluding hydrogens is 292 g/mol. The summed E-state index contributed by atoms with van der Waals surface area (Å²) in [5.41, 5.74) is 3.58. The van der Waals surface area contributed by atoms with Crippen molar-refractivity contribution < 1.29 is 0 Å². The summed E-state index contributed by atoms with van der Waals surface area (Å²) >= 11 is 0. The van der Waals surface area contributed by atoms with Gasteiger partial charge >= 0.3 is 0 Å². The first-order valence-corrected chi connectivity index (χ1v) is 7.71. The number of nitrogens with zero attached hydrogens (tertiary/aromatic N) is 6. The molecule has 8 heteroatoms. The molecule has 1 atom stereocenters. The van der Waals surface area contributed by atoms with Gasteiger partial charge in [-0.15, -0.1) is 10.2 Å². The number of hydrogen-bond acceptors (Lipinski definition) is 4. The summed E-state index contributed by atoms with van der Waals surface area (Å²) in [4.78, 5) is 4.26. The van der Waals surface area contributed by atoms with Crippen molar-refractivity contribution in [2.24, 2.45) is 19.1 Å². The van der Waals surface area contributed by atoms with E-state index in [-0.39, 0.29) is 6.04 Å². The van der Waals surface area contributed by atoms with Gasteiger partial charge in [0.25, 0.3) is 0 Å². The van der Waals surface area contributed by atoms with Crippen LogP contribution in [0.1, 0.15) is 29.7 Å². The first-order valence-electron chi connectivity index (χ1n) is 7.71. The van der Waals surface area contributed by atoms with Crippen LogP contribution >= 0.6 is 0 Å². The zero-order valence-corrected chi connectivity index (χ0v) is 14.8. The number of guanidine groups is 1. The number of hydrogen-bond donors (Lipinski definition) is 2. The molecule has 2 rings (SSSR count). The Labute approximate surface area is 137 Å². The van der Waals surface area contributed by atoms with Crippen LogP contribution in [0, 0.1) is 13.8 Å². The SMILES string of the molecule is CN=C(NCc1nncn1C)NC(C)Cc1c(C)nn(C)c1C. The molecule has 0 aliphatic heterocycles. The lowest BCUT2D eigenvalue weighted by Gasteiger charge is -2.18. The lowest BCUT2D eigenvalue weighted by molar-refractivity contribution is 0.629. The third-order valence-corrected chi connectivity index (χ3v) is 4.00. The molecule has 2 heterocycles. The summed E-state index contributed by atoms with van der Waals surface area (Å²) < 4.78 is 3.81. The van der Waals surface area contributed by atoms with E-state index in [0.717, 1.165) is 23.9 Å². The van der Waals surface area contributed by atoms with E-state index < -0.39 is 0 Å². The van der Waals surface area contributed by atoms with E-state index in [2.05, 4.69) is 51.7 Å². The van der Waals surface area contributed by atoms with Crippen LogP contribution in [-0.4, -0.2) is 43.6 Å². The quantitative estimate of drug-likeness (QED) is 0.618. The Bertz CT molecular complexity index is 682. The fourth-order valence-corrected chi connectivity index (χ4v) is 2.53. The largest absolute Gasteiger partial charge is 0.354 e. The first kappa shape index (κ1) is 17.0. The third kappa shape index (κ3) is 4.08. The Hall–Kier alpha value is -2.38. The highest BCUT2D eigenvalue weighted by atomic mass is 15.3. The van der Waals surface area contributed by atoms with Gasteiger partial charge in [0.1, 0.15) is 6.33 Å². The van der Waals surface area contributed by atoms with Crippen LogP contribution in [0.5, 0.6) is 0 Å². The minimum atomic E-state index is 0.238. The third-order valence-electron chi connectivity index (χ3n) is 4.00. The molecule has 0 fully saturated rings. The molecule has 0 bridgehead atoms. The fourth-order valence-electron chi connectivity index (χ4n) is 2.53. The maximum atomic E-state index is 4.47. The van der Waals surface area contributed by atoms with Crippen LogP contribution in [0.15, 0.2) is 11.3 Å². The average Bonchev–Trinajstić information content (AvgIpc) is 3.02. The van der Waals surface area contributed by atoms with Gasteiger partial charge in [0.15, 0.2) is 11.8 Å². The Morgan fingerprint density at radius 1 is 1.35 bits per heavy atom. The highest BCUT2D eigenvalue weighted by molar-refractivity contribution is 5.79. The van der Waals surface area contributed by atoms with Gasteiger partial charge in [0, 0.05) is 32.9 Å². The normalized spacial score (nSPS) is 13.2. The van der Waals surface area contributed by atoms with E-state index in [0.29, 0.717) is 6.54 Å². The van der Waals surface area contributed by atoms with Crippen molar-refractivity contribution >= 4 is 5.96 Å². The van der Waals surface area contributed by atoms with Crippen molar-refractivity contribution in [2.45, 2.75) is 39.8 Å². The highest BCUT2D eigenvalue weighted by Gasteiger charge is 2.14. The second kappa shape index (κ2) is 7.26. The molecule has 23 heavy (non-hydrogen) atoms. The standard InChI is InChI=1S/C15H26N8/c1-10(7-13-11(2)21-23(6)12(13)3)19-15(16-4)17-8-14-20-18-9-22(14)5/h9-10H,7-8H2,1-6H3,(H2,16,17,19). The van der Waals surface area contributed by atoms with Gasteiger partial charge in [-0.2, -0.15) is 5.10 Å². The minimum Gasteiger partial charge on any atom is -0.354 e. The van der Waals surface area contributed by atoms with Crippen LogP contribution in [0.25, 0.3) is 0 Å². The minimum absolute atomic E-state index is 0.238. The van der Waals surface area contributed by atoms with Gasteiger partial charge < -0.3 is 15.2 Å². The van der Waals surface area contributed by atoms with Crippen molar-refractivity contribution in [3.63, 3.8) is 0 Å². The molecule has 8 nitrogen and oxygen atoms in total. The van der Waals surface area contributed by atoms with Crippen molar-refractivity contribution in [1.29, 1.82) is 0 Å². The summed E-state index contributed by atoms with van der Waals surface area (Å²) in [7, 11) is 5.66. The van der Waals surface area contributed by atoms with E-state index in [1.54, 1.807) is 13.4 Å². The molecule has 0 saturated carbocycles. The summed E-state index contributed by atoms with van der Waals surface area (Å²) in [6, 6.07) is 0.238. The summed E-state index contributed by atoms with van der Waals surface area (Å²) in [5.74, 6) is 1.61. The number of aromatic nitrogens is 5. The number of aryl methyl sites for hydroxylation is 3. The van der Waals surface area contributed by atoms with Crippen LogP contribution in [0.2, 0.25) is 0 Å². The van der Waals surface area contributed by atoms with Gasteiger partial charge in [-0.05, 0) is 32.8 Å². The second-order valence-corrected chi connectivity index (χ2v) is 5.81. The van der Waals surface area contributed by atoms with E-state index >= 15 is 0 Å². The molecule has 0 aliphatic carbocycles. The maximum Gasteiger partial charge on any atom is 0.191 e. The van der Waals surface area contributed by atoms with Gasteiger partial charge in [-0.3, -0.25) is 9.67 Å². The van der Waals surface area contributed by atoms with E-state index in [4.69, 9.17) is 0 Å². The lowest BCUT2D eigenvalue weighted by atomic mass is 10.1. The molecule has 1 unspecified atom stereocenters. The average molecular weight is 318 g/mol. The molecule has 2 N–H and O–H groups in total. The maximum absolute atomic E-state index is 4.47. The highest BCUT2D eigenvalue weighted by Crippen LogP contribution is 2.14. The zero-order valence-electron chi connectivity index (χ0n) is 14.8. The van der Waals surface area contributed by atoms with Crippen molar-refractivity contribution in [3.8, 4) is 0 Å². The Morgan fingerprint density at radius 2 is 2.09 bits per heavy atom.